The van der Waals surface area contributed by atoms with Gasteiger partial charge in [-0.05, 0) is 18.9 Å². The summed E-state index contributed by atoms with van der Waals surface area (Å²) >= 11 is 0. The molecule has 1 nitrogen and oxygen atoms in total. The summed E-state index contributed by atoms with van der Waals surface area (Å²) in [5.41, 5.74) is 0. The van der Waals surface area contributed by atoms with E-state index in [0.29, 0.717) is 0 Å². The Morgan fingerprint density at radius 2 is 1.64 bits per heavy atom. The maximum Gasteiger partial charge on any atom is 0.248 e. The van der Waals surface area contributed by atoms with Gasteiger partial charge in [0.05, 0.1) is 0 Å². The Bertz CT molecular complexity index is 153. The van der Waals surface area contributed by atoms with Gasteiger partial charge in [-0.3, -0.25) is 0 Å². The van der Waals surface area contributed by atoms with Gasteiger partial charge in [-0.1, -0.05) is 0 Å². The summed E-state index contributed by atoms with van der Waals surface area (Å²) in [4.78, 5) is 2.16. The smallest absolute Gasteiger partial charge is 0.248 e. The summed E-state index contributed by atoms with van der Waals surface area (Å²) in [5.74, 6) is -1.80. The molecule has 1 saturated heterocycles. The number of nitrogens with zero attached hydrogens (tertiary/aromatic N) is 1. The summed E-state index contributed by atoms with van der Waals surface area (Å²) in [6, 6.07) is 0. The number of likely N-dealkylation sites (tertiary alicyclic amines) is 1. The van der Waals surface area contributed by atoms with E-state index in [9.17, 15) is 8.78 Å². The molecule has 0 aromatic carbocycles. The molecule has 0 aromatic rings. The summed E-state index contributed by atoms with van der Waals surface area (Å²) in [7, 11) is 2.01. The molecule has 2 fully saturated rings. The highest BCUT2D eigenvalue weighted by molar-refractivity contribution is 4.94. The van der Waals surface area contributed by atoms with Crippen molar-refractivity contribution in [1.29, 1.82) is 0 Å². The van der Waals surface area contributed by atoms with Crippen LogP contribution < -0.4 is 0 Å². The maximum atomic E-state index is 12.8. The zero-order valence-electron chi connectivity index (χ0n) is 6.69. The lowest BCUT2D eigenvalue weighted by Gasteiger charge is -2.13. The second kappa shape index (κ2) is 2.16. The predicted octanol–water partition coefficient (Wildman–Crippen LogP) is 1.59. The van der Waals surface area contributed by atoms with Gasteiger partial charge in [0.15, 0.2) is 0 Å². The minimum absolute atomic E-state index is 0.127. The number of halogens is 2. The summed E-state index contributed by atoms with van der Waals surface area (Å²) in [6.45, 7) is 1.75. The quantitative estimate of drug-likeness (QED) is 0.521. The van der Waals surface area contributed by atoms with Crippen molar-refractivity contribution in [2.45, 2.75) is 18.8 Å². The Balaban J connectivity index is 2.04. The Labute approximate surface area is 65.4 Å². The van der Waals surface area contributed by atoms with Gasteiger partial charge in [-0.25, -0.2) is 8.78 Å². The number of rotatable bonds is 0. The van der Waals surface area contributed by atoms with Crippen molar-refractivity contribution in [3.63, 3.8) is 0 Å². The summed E-state index contributed by atoms with van der Waals surface area (Å²) < 4.78 is 25.5. The topological polar surface area (TPSA) is 3.24 Å². The van der Waals surface area contributed by atoms with Crippen LogP contribution in [0.1, 0.15) is 12.8 Å². The van der Waals surface area contributed by atoms with Gasteiger partial charge in [0.1, 0.15) is 0 Å². The fourth-order valence-corrected chi connectivity index (χ4v) is 2.49. The third kappa shape index (κ3) is 1.26. The van der Waals surface area contributed by atoms with Gasteiger partial charge in [0.25, 0.3) is 0 Å². The lowest BCUT2D eigenvalue weighted by atomic mass is 10.0. The van der Waals surface area contributed by atoms with Crippen LogP contribution in [0.2, 0.25) is 0 Å². The first-order valence-corrected chi connectivity index (χ1v) is 4.13. The van der Waals surface area contributed by atoms with Crippen molar-refractivity contribution >= 4 is 0 Å². The van der Waals surface area contributed by atoms with Crippen molar-refractivity contribution in [3.05, 3.63) is 0 Å². The molecular formula is C8H13F2N. The fraction of sp³-hybridized carbons (Fsp3) is 1.00. The van der Waals surface area contributed by atoms with E-state index >= 15 is 0 Å². The number of hydrogen-bond donors (Lipinski definition) is 0. The monoisotopic (exact) mass is 161 g/mol. The SMILES string of the molecule is CN1C[C@H]2CC(F)(F)C[C@@H]2C1. The first kappa shape index (κ1) is 7.47. The van der Waals surface area contributed by atoms with Gasteiger partial charge in [0.2, 0.25) is 5.92 Å². The molecule has 1 saturated carbocycles. The van der Waals surface area contributed by atoms with Crippen molar-refractivity contribution in [1.82, 2.24) is 4.90 Å². The molecule has 3 heteroatoms. The van der Waals surface area contributed by atoms with E-state index < -0.39 is 5.92 Å². The Kier molecular flexibility index (Phi) is 1.46. The third-order valence-corrected chi connectivity index (χ3v) is 2.88. The zero-order chi connectivity index (χ0) is 8.06. The van der Waals surface area contributed by atoms with Gasteiger partial charge < -0.3 is 4.90 Å². The van der Waals surface area contributed by atoms with E-state index in [4.69, 9.17) is 0 Å². The average molecular weight is 161 g/mol. The number of hydrogen-bond acceptors (Lipinski definition) is 1. The van der Waals surface area contributed by atoms with Gasteiger partial charge in [-0.2, -0.15) is 0 Å². The largest absolute Gasteiger partial charge is 0.306 e. The Morgan fingerprint density at radius 3 is 2.09 bits per heavy atom. The van der Waals surface area contributed by atoms with Gasteiger partial charge in [0, 0.05) is 25.9 Å². The van der Waals surface area contributed by atoms with E-state index in [1.54, 1.807) is 0 Å². The molecule has 11 heavy (non-hydrogen) atoms. The number of fused-ring (bicyclic) bond motifs is 1. The summed E-state index contributed by atoms with van der Waals surface area (Å²) in [5, 5.41) is 0. The minimum Gasteiger partial charge on any atom is -0.306 e. The molecule has 0 spiro atoms. The predicted molar refractivity (Wildman–Crippen MR) is 38.7 cm³/mol. The Hall–Kier alpha value is -0.180. The lowest BCUT2D eigenvalue weighted by Crippen LogP contribution is -2.20. The fourth-order valence-electron chi connectivity index (χ4n) is 2.49. The molecule has 64 valence electrons. The van der Waals surface area contributed by atoms with Crippen LogP contribution in [-0.2, 0) is 0 Å². The van der Waals surface area contributed by atoms with Crippen molar-refractivity contribution in [2.24, 2.45) is 11.8 Å². The molecule has 1 aliphatic heterocycles. The van der Waals surface area contributed by atoms with E-state index in [2.05, 4.69) is 4.90 Å². The van der Waals surface area contributed by atoms with Crippen molar-refractivity contribution in [2.75, 3.05) is 20.1 Å². The van der Waals surface area contributed by atoms with Gasteiger partial charge in [-0.15, -0.1) is 0 Å². The molecule has 0 aromatic heterocycles. The summed E-state index contributed by atoms with van der Waals surface area (Å²) in [6.07, 6.45) is 0.254. The highest BCUT2D eigenvalue weighted by atomic mass is 19.3. The molecular weight excluding hydrogens is 148 g/mol. The van der Waals surface area contributed by atoms with Crippen LogP contribution in [0.15, 0.2) is 0 Å². The second-order valence-corrected chi connectivity index (χ2v) is 4.01. The molecule has 0 N–H and O–H groups in total. The molecule has 2 rings (SSSR count). The lowest BCUT2D eigenvalue weighted by molar-refractivity contribution is -0.00180. The molecule has 1 heterocycles. The molecule has 0 unspecified atom stereocenters. The second-order valence-electron chi connectivity index (χ2n) is 4.01. The minimum atomic E-state index is -2.35. The van der Waals surface area contributed by atoms with E-state index in [1.807, 2.05) is 7.05 Å². The van der Waals surface area contributed by atoms with Crippen LogP contribution in [0.3, 0.4) is 0 Å². The first-order valence-electron chi connectivity index (χ1n) is 4.13. The van der Waals surface area contributed by atoms with Crippen molar-refractivity contribution < 1.29 is 8.78 Å². The van der Waals surface area contributed by atoms with Crippen LogP contribution in [0.25, 0.3) is 0 Å². The molecule has 2 atom stereocenters. The highest BCUT2D eigenvalue weighted by Gasteiger charge is 2.49. The van der Waals surface area contributed by atoms with E-state index in [0.717, 1.165) is 13.1 Å². The van der Waals surface area contributed by atoms with E-state index in [1.165, 1.54) is 0 Å². The molecule has 0 radical (unpaired) electrons. The highest BCUT2D eigenvalue weighted by Crippen LogP contribution is 2.46. The van der Waals surface area contributed by atoms with Crippen LogP contribution in [0.5, 0.6) is 0 Å². The van der Waals surface area contributed by atoms with Gasteiger partial charge >= 0.3 is 0 Å². The third-order valence-electron chi connectivity index (χ3n) is 2.88. The zero-order valence-corrected chi connectivity index (χ0v) is 6.69. The number of alkyl halides is 2. The molecule has 1 aliphatic carbocycles. The van der Waals surface area contributed by atoms with Crippen LogP contribution >= 0.6 is 0 Å². The first-order chi connectivity index (χ1) is 5.07. The Morgan fingerprint density at radius 1 is 1.18 bits per heavy atom. The molecule has 0 bridgehead atoms. The molecule has 0 amide bonds. The standard InChI is InChI=1S/C8H13F2N/c1-11-4-6-2-8(9,10)3-7(6)5-11/h6-7H,2-5H2,1H3/t6-,7-/m1/s1. The van der Waals surface area contributed by atoms with Crippen LogP contribution in [0.4, 0.5) is 8.78 Å². The van der Waals surface area contributed by atoms with E-state index in [-0.39, 0.29) is 24.7 Å². The van der Waals surface area contributed by atoms with Crippen LogP contribution in [0, 0.1) is 11.8 Å². The molecule has 2 aliphatic rings. The van der Waals surface area contributed by atoms with Crippen molar-refractivity contribution in [3.8, 4) is 0 Å². The maximum absolute atomic E-state index is 12.8. The normalized spacial score (nSPS) is 42.8. The van der Waals surface area contributed by atoms with Crippen LogP contribution in [-0.4, -0.2) is 31.0 Å². The average Bonchev–Trinajstić information content (AvgIpc) is 2.17.